The van der Waals surface area contributed by atoms with Crippen molar-refractivity contribution in [1.82, 2.24) is 5.32 Å². The SMILES string of the molecule is O=C(C=Cc1ccccc1)Nc1ccccc1C(=O)NCCc1ccccc1. The van der Waals surface area contributed by atoms with E-state index in [2.05, 4.69) is 10.6 Å². The molecule has 3 aromatic carbocycles. The molecular weight excluding hydrogens is 348 g/mol. The van der Waals surface area contributed by atoms with Crippen LogP contribution in [-0.2, 0) is 11.2 Å². The van der Waals surface area contributed by atoms with Crippen molar-refractivity contribution in [2.24, 2.45) is 0 Å². The van der Waals surface area contributed by atoms with Gasteiger partial charge in [0, 0.05) is 12.6 Å². The molecule has 140 valence electrons. The Kier molecular flexibility index (Phi) is 6.74. The van der Waals surface area contributed by atoms with Gasteiger partial charge in [-0.3, -0.25) is 9.59 Å². The Morgan fingerprint density at radius 1 is 0.786 bits per heavy atom. The topological polar surface area (TPSA) is 58.2 Å². The van der Waals surface area contributed by atoms with E-state index < -0.39 is 0 Å². The number of para-hydroxylation sites is 1. The fourth-order valence-corrected chi connectivity index (χ4v) is 2.76. The summed E-state index contributed by atoms with van der Waals surface area (Å²) < 4.78 is 0. The third-order valence-electron chi connectivity index (χ3n) is 4.20. The smallest absolute Gasteiger partial charge is 0.253 e. The lowest BCUT2D eigenvalue weighted by atomic mass is 10.1. The van der Waals surface area contributed by atoms with Crippen LogP contribution in [0, 0.1) is 0 Å². The molecule has 0 heterocycles. The Hall–Kier alpha value is -3.66. The van der Waals surface area contributed by atoms with E-state index in [1.165, 1.54) is 6.08 Å². The predicted octanol–water partition coefficient (Wildman–Crippen LogP) is 4.31. The zero-order chi connectivity index (χ0) is 19.6. The quantitative estimate of drug-likeness (QED) is 0.609. The summed E-state index contributed by atoms with van der Waals surface area (Å²) in [4.78, 5) is 24.8. The third-order valence-corrected chi connectivity index (χ3v) is 4.20. The van der Waals surface area contributed by atoms with Crippen molar-refractivity contribution in [2.45, 2.75) is 6.42 Å². The highest BCUT2D eigenvalue weighted by Crippen LogP contribution is 2.15. The molecular formula is C24H22N2O2. The van der Waals surface area contributed by atoms with Crippen LogP contribution in [0.2, 0.25) is 0 Å². The highest BCUT2D eigenvalue weighted by molar-refractivity contribution is 6.07. The number of anilines is 1. The molecule has 3 aromatic rings. The van der Waals surface area contributed by atoms with Gasteiger partial charge in [-0.2, -0.15) is 0 Å². The number of hydrogen-bond donors (Lipinski definition) is 2. The van der Waals surface area contributed by atoms with Crippen LogP contribution >= 0.6 is 0 Å². The van der Waals surface area contributed by atoms with Gasteiger partial charge in [0.1, 0.15) is 0 Å². The molecule has 0 saturated carbocycles. The second-order valence-electron chi connectivity index (χ2n) is 6.27. The fourth-order valence-electron chi connectivity index (χ4n) is 2.76. The van der Waals surface area contributed by atoms with Gasteiger partial charge in [-0.25, -0.2) is 0 Å². The van der Waals surface area contributed by atoms with Crippen molar-refractivity contribution in [3.8, 4) is 0 Å². The summed E-state index contributed by atoms with van der Waals surface area (Å²) in [5.74, 6) is -0.493. The van der Waals surface area contributed by atoms with Crippen molar-refractivity contribution in [1.29, 1.82) is 0 Å². The van der Waals surface area contributed by atoms with Gasteiger partial charge in [-0.1, -0.05) is 72.8 Å². The van der Waals surface area contributed by atoms with Crippen molar-refractivity contribution in [3.05, 3.63) is 108 Å². The minimum Gasteiger partial charge on any atom is -0.352 e. The predicted molar refractivity (Wildman–Crippen MR) is 113 cm³/mol. The molecule has 2 N–H and O–H groups in total. The van der Waals surface area contributed by atoms with E-state index in [4.69, 9.17) is 0 Å². The summed E-state index contributed by atoms with van der Waals surface area (Å²) in [7, 11) is 0. The van der Waals surface area contributed by atoms with Crippen LogP contribution in [0.5, 0.6) is 0 Å². The van der Waals surface area contributed by atoms with E-state index in [1.807, 2.05) is 60.7 Å². The van der Waals surface area contributed by atoms with E-state index in [-0.39, 0.29) is 11.8 Å². The zero-order valence-corrected chi connectivity index (χ0v) is 15.5. The first-order valence-corrected chi connectivity index (χ1v) is 9.17. The molecule has 0 aliphatic carbocycles. The van der Waals surface area contributed by atoms with Crippen molar-refractivity contribution in [3.63, 3.8) is 0 Å². The van der Waals surface area contributed by atoms with Gasteiger partial charge in [0.05, 0.1) is 11.3 Å². The summed E-state index contributed by atoms with van der Waals surface area (Å²) in [5, 5.41) is 5.69. The first kappa shape index (κ1) is 19.1. The summed E-state index contributed by atoms with van der Waals surface area (Å²) in [5.41, 5.74) is 3.03. The lowest BCUT2D eigenvalue weighted by molar-refractivity contribution is -0.111. The summed E-state index contributed by atoms with van der Waals surface area (Å²) in [6, 6.07) is 26.5. The fraction of sp³-hybridized carbons (Fsp3) is 0.0833. The molecule has 0 bridgehead atoms. The largest absolute Gasteiger partial charge is 0.352 e. The van der Waals surface area contributed by atoms with E-state index in [0.29, 0.717) is 17.8 Å². The molecule has 0 aliphatic rings. The molecule has 0 aliphatic heterocycles. The molecule has 0 atom stereocenters. The number of rotatable bonds is 7. The van der Waals surface area contributed by atoms with Gasteiger partial charge in [-0.05, 0) is 35.8 Å². The maximum atomic E-state index is 12.5. The van der Waals surface area contributed by atoms with E-state index in [1.54, 1.807) is 30.3 Å². The van der Waals surface area contributed by atoms with E-state index >= 15 is 0 Å². The maximum absolute atomic E-state index is 12.5. The van der Waals surface area contributed by atoms with Gasteiger partial charge in [0.2, 0.25) is 5.91 Å². The minimum absolute atomic E-state index is 0.209. The number of benzene rings is 3. The van der Waals surface area contributed by atoms with Gasteiger partial charge in [-0.15, -0.1) is 0 Å². The van der Waals surface area contributed by atoms with E-state index in [0.717, 1.165) is 17.5 Å². The average Bonchev–Trinajstić information content (AvgIpc) is 2.74. The Balaban J connectivity index is 1.59. The Morgan fingerprint density at radius 2 is 1.43 bits per heavy atom. The molecule has 0 unspecified atom stereocenters. The van der Waals surface area contributed by atoms with Crippen LogP contribution in [0.25, 0.3) is 6.08 Å². The average molecular weight is 370 g/mol. The van der Waals surface area contributed by atoms with Crippen LogP contribution < -0.4 is 10.6 Å². The van der Waals surface area contributed by atoms with Gasteiger partial charge < -0.3 is 10.6 Å². The van der Waals surface area contributed by atoms with Gasteiger partial charge in [0.25, 0.3) is 5.91 Å². The maximum Gasteiger partial charge on any atom is 0.253 e. The lowest BCUT2D eigenvalue weighted by Gasteiger charge is -2.10. The lowest BCUT2D eigenvalue weighted by Crippen LogP contribution is -2.27. The van der Waals surface area contributed by atoms with Gasteiger partial charge >= 0.3 is 0 Å². The summed E-state index contributed by atoms with van der Waals surface area (Å²) in [6.45, 7) is 0.527. The number of carbonyl (C=O) groups is 2. The molecule has 4 heteroatoms. The third kappa shape index (κ3) is 5.68. The first-order valence-electron chi connectivity index (χ1n) is 9.17. The van der Waals surface area contributed by atoms with Gasteiger partial charge in [0.15, 0.2) is 0 Å². The number of hydrogen-bond acceptors (Lipinski definition) is 2. The molecule has 28 heavy (non-hydrogen) atoms. The number of nitrogens with one attached hydrogen (secondary N) is 2. The summed E-state index contributed by atoms with van der Waals surface area (Å²) >= 11 is 0. The second kappa shape index (κ2) is 9.88. The molecule has 0 spiro atoms. The molecule has 0 fully saturated rings. The second-order valence-corrected chi connectivity index (χ2v) is 6.27. The van der Waals surface area contributed by atoms with Crippen LogP contribution in [0.1, 0.15) is 21.5 Å². The molecule has 2 amide bonds. The van der Waals surface area contributed by atoms with Crippen LogP contribution in [0.4, 0.5) is 5.69 Å². The highest BCUT2D eigenvalue weighted by atomic mass is 16.2. The van der Waals surface area contributed by atoms with Crippen molar-refractivity contribution >= 4 is 23.6 Å². The van der Waals surface area contributed by atoms with Crippen molar-refractivity contribution in [2.75, 3.05) is 11.9 Å². The number of amides is 2. The molecule has 0 radical (unpaired) electrons. The standard InChI is InChI=1S/C24H22N2O2/c27-23(16-15-19-9-3-1-4-10-19)26-22-14-8-7-13-21(22)24(28)25-18-17-20-11-5-2-6-12-20/h1-16H,17-18H2,(H,25,28)(H,26,27). The minimum atomic E-state index is -0.284. The number of carbonyl (C=O) groups excluding carboxylic acids is 2. The van der Waals surface area contributed by atoms with Crippen LogP contribution in [-0.4, -0.2) is 18.4 Å². The molecule has 0 aromatic heterocycles. The Bertz CT molecular complexity index is 951. The van der Waals surface area contributed by atoms with Crippen LogP contribution in [0.15, 0.2) is 91.0 Å². The first-order chi connectivity index (χ1) is 13.7. The Labute approximate surface area is 164 Å². The molecule has 0 saturated heterocycles. The van der Waals surface area contributed by atoms with E-state index in [9.17, 15) is 9.59 Å². The molecule has 4 nitrogen and oxygen atoms in total. The highest BCUT2D eigenvalue weighted by Gasteiger charge is 2.11. The monoisotopic (exact) mass is 370 g/mol. The zero-order valence-electron chi connectivity index (χ0n) is 15.5. The van der Waals surface area contributed by atoms with Crippen LogP contribution in [0.3, 0.4) is 0 Å². The van der Waals surface area contributed by atoms with Crippen molar-refractivity contribution < 1.29 is 9.59 Å². The molecule has 3 rings (SSSR count). The normalized spacial score (nSPS) is 10.6. The Morgan fingerprint density at radius 3 is 2.18 bits per heavy atom. The summed E-state index contributed by atoms with van der Waals surface area (Å²) in [6.07, 6.45) is 3.94.